The SMILES string of the molecule is O=COCC(COP(=O)(O)OC1[C@@H](O)C(O)C(O)[C@H](O)[C@H]1O)OC=O. The summed E-state index contributed by atoms with van der Waals surface area (Å²) in [5.74, 6) is 0. The van der Waals surface area contributed by atoms with Crippen molar-refractivity contribution in [3.8, 4) is 0 Å². The third-order valence-corrected chi connectivity index (χ3v) is 4.33. The summed E-state index contributed by atoms with van der Waals surface area (Å²) in [4.78, 5) is 29.9. The van der Waals surface area contributed by atoms with Crippen molar-refractivity contribution < 1.29 is 63.1 Å². The zero-order chi connectivity index (χ0) is 19.2. The Kier molecular flexibility index (Phi) is 8.34. The van der Waals surface area contributed by atoms with Crippen molar-refractivity contribution in [2.75, 3.05) is 13.2 Å². The average molecular weight is 390 g/mol. The summed E-state index contributed by atoms with van der Waals surface area (Å²) in [6, 6.07) is 0. The summed E-state index contributed by atoms with van der Waals surface area (Å²) >= 11 is 0. The van der Waals surface area contributed by atoms with Gasteiger partial charge in [0.15, 0.2) is 6.10 Å². The van der Waals surface area contributed by atoms with E-state index in [1.54, 1.807) is 0 Å². The van der Waals surface area contributed by atoms with Crippen molar-refractivity contribution in [1.29, 1.82) is 0 Å². The molecular weight excluding hydrogens is 371 g/mol. The molecule has 0 aromatic heterocycles. The van der Waals surface area contributed by atoms with Crippen LogP contribution in [0.3, 0.4) is 0 Å². The first kappa shape index (κ1) is 21.9. The van der Waals surface area contributed by atoms with E-state index in [2.05, 4.69) is 18.5 Å². The Hall–Kier alpha value is -1.15. The quantitative estimate of drug-likeness (QED) is 0.155. The summed E-state index contributed by atoms with van der Waals surface area (Å²) in [6.45, 7) is -1.22. The van der Waals surface area contributed by atoms with Gasteiger partial charge < -0.3 is 39.9 Å². The van der Waals surface area contributed by atoms with Crippen LogP contribution in [0.5, 0.6) is 0 Å². The van der Waals surface area contributed by atoms with Crippen LogP contribution in [-0.2, 0) is 32.7 Å². The van der Waals surface area contributed by atoms with Crippen LogP contribution < -0.4 is 0 Å². The number of hydrogen-bond donors (Lipinski definition) is 6. The molecule has 14 heteroatoms. The van der Waals surface area contributed by atoms with Gasteiger partial charge in [0.05, 0.1) is 6.61 Å². The molecule has 25 heavy (non-hydrogen) atoms. The lowest BCUT2D eigenvalue weighted by atomic mass is 9.85. The van der Waals surface area contributed by atoms with Crippen LogP contribution >= 0.6 is 7.82 Å². The van der Waals surface area contributed by atoms with Gasteiger partial charge >= 0.3 is 7.82 Å². The molecule has 0 aliphatic heterocycles. The predicted octanol–water partition coefficient (Wildman–Crippen LogP) is -3.98. The predicted molar refractivity (Wildman–Crippen MR) is 73.6 cm³/mol. The largest absolute Gasteiger partial charge is 0.472 e. The molecule has 1 aliphatic rings. The molecule has 5 unspecified atom stereocenters. The zero-order valence-electron chi connectivity index (χ0n) is 12.6. The molecule has 0 heterocycles. The first-order valence-corrected chi connectivity index (χ1v) is 8.34. The number of aliphatic hydroxyl groups is 5. The summed E-state index contributed by atoms with van der Waals surface area (Å²) in [6.07, 6.45) is -13.1. The number of phosphoric ester groups is 1. The maximum atomic E-state index is 11.9. The molecule has 0 saturated heterocycles. The Bertz CT molecular complexity index is 471. The lowest BCUT2D eigenvalue weighted by Crippen LogP contribution is -2.64. The highest BCUT2D eigenvalue weighted by Crippen LogP contribution is 2.47. The zero-order valence-corrected chi connectivity index (χ0v) is 13.5. The van der Waals surface area contributed by atoms with Gasteiger partial charge in [-0.05, 0) is 0 Å². The van der Waals surface area contributed by atoms with Gasteiger partial charge in [-0.2, -0.15) is 0 Å². The molecule has 0 spiro atoms. The number of ether oxygens (including phenoxy) is 2. The fraction of sp³-hybridized carbons (Fsp3) is 0.818. The molecule has 8 atom stereocenters. The van der Waals surface area contributed by atoms with Gasteiger partial charge in [0, 0.05) is 0 Å². The van der Waals surface area contributed by atoms with Crippen LogP contribution in [0, 0.1) is 0 Å². The van der Waals surface area contributed by atoms with Crippen molar-refractivity contribution in [3.63, 3.8) is 0 Å². The Morgan fingerprint density at radius 1 is 0.880 bits per heavy atom. The molecule has 0 radical (unpaired) electrons. The van der Waals surface area contributed by atoms with Crippen molar-refractivity contribution in [2.45, 2.75) is 42.7 Å². The average Bonchev–Trinajstić information content (AvgIpc) is 2.57. The number of hydrogen-bond acceptors (Lipinski definition) is 12. The molecule has 0 bridgehead atoms. The third kappa shape index (κ3) is 5.95. The smallest absolute Gasteiger partial charge is 0.464 e. The molecule has 1 aliphatic carbocycles. The monoisotopic (exact) mass is 390 g/mol. The molecule has 0 aromatic rings. The van der Waals surface area contributed by atoms with Crippen LogP contribution in [0.2, 0.25) is 0 Å². The van der Waals surface area contributed by atoms with Crippen molar-refractivity contribution in [2.24, 2.45) is 0 Å². The van der Waals surface area contributed by atoms with Crippen molar-refractivity contribution >= 4 is 20.8 Å². The Labute approximate surface area is 140 Å². The summed E-state index contributed by atoms with van der Waals surface area (Å²) in [5.41, 5.74) is 0. The van der Waals surface area contributed by atoms with E-state index in [0.717, 1.165) is 0 Å². The van der Waals surface area contributed by atoms with E-state index in [1.807, 2.05) is 0 Å². The van der Waals surface area contributed by atoms with E-state index < -0.39 is 63.8 Å². The standard InChI is InChI=1S/C11H19O13P/c12-3-21-1-5(22-4-13)2-23-25(19,20)24-11-9(17)7(15)6(14)8(16)10(11)18/h3-11,14-18H,1-2H2,(H,19,20)/t5?,6?,7-,8?,9+,10-,11?/m0/s1. The van der Waals surface area contributed by atoms with Gasteiger partial charge in [0.25, 0.3) is 12.9 Å². The number of carbonyl (C=O) groups excluding carboxylic acids is 2. The van der Waals surface area contributed by atoms with Crippen molar-refractivity contribution in [1.82, 2.24) is 0 Å². The molecule has 1 fully saturated rings. The molecule has 13 nitrogen and oxygen atoms in total. The fourth-order valence-electron chi connectivity index (χ4n) is 2.03. The molecule has 0 amide bonds. The number of phosphoric acid groups is 1. The molecule has 1 saturated carbocycles. The van der Waals surface area contributed by atoms with Crippen LogP contribution in [-0.4, -0.2) is 99.3 Å². The summed E-state index contributed by atoms with van der Waals surface area (Å²) in [5, 5.41) is 47.8. The van der Waals surface area contributed by atoms with Gasteiger partial charge in [-0.15, -0.1) is 0 Å². The van der Waals surface area contributed by atoms with Gasteiger partial charge in [-0.3, -0.25) is 18.6 Å². The highest BCUT2D eigenvalue weighted by molar-refractivity contribution is 7.47. The second-order valence-electron chi connectivity index (χ2n) is 5.07. The lowest BCUT2D eigenvalue weighted by molar-refractivity contribution is -0.220. The maximum Gasteiger partial charge on any atom is 0.472 e. The van der Waals surface area contributed by atoms with E-state index in [4.69, 9.17) is 0 Å². The van der Waals surface area contributed by atoms with E-state index in [-0.39, 0.29) is 12.9 Å². The Morgan fingerprint density at radius 2 is 1.40 bits per heavy atom. The minimum atomic E-state index is -4.98. The first-order valence-electron chi connectivity index (χ1n) is 6.85. The van der Waals surface area contributed by atoms with Gasteiger partial charge in [0.1, 0.15) is 43.2 Å². The van der Waals surface area contributed by atoms with Gasteiger partial charge in [-0.25, -0.2) is 4.57 Å². The van der Waals surface area contributed by atoms with Crippen LogP contribution in [0.4, 0.5) is 0 Å². The highest BCUT2D eigenvalue weighted by atomic mass is 31.2. The van der Waals surface area contributed by atoms with Crippen molar-refractivity contribution in [3.05, 3.63) is 0 Å². The van der Waals surface area contributed by atoms with Gasteiger partial charge in [0.2, 0.25) is 0 Å². The second-order valence-corrected chi connectivity index (χ2v) is 6.48. The summed E-state index contributed by atoms with van der Waals surface area (Å²) < 4.78 is 29.6. The van der Waals surface area contributed by atoms with Crippen LogP contribution in [0.15, 0.2) is 0 Å². The van der Waals surface area contributed by atoms with Crippen LogP contribution in [0.1, 0.15) is 0 Å². The molecular formula is C11H19O13P. The number of rotatable bonds is 10. The maximum absolute atomic E-state index is 11.9. The van der Waals surface area contributed by atoms with Gasteiger partial charge in [-0.1, -0.05) is 0 Å². The van der Waals surface area contributed by atoms with E-state index >= 15 is 0 Å². The molecule has 1 rings (SSSR count). The van der Waals surface area contributed by atoms with Crippen LogP contribution in [0.25, 0.3) is 0 Å². The Balaban J connectivity index is 2.70. The van der Waals surface area contributed by atoms with E-state index in [1.165, 1.54) is 0 Å². The highest BCUT2D eigenvalue weighted by Gasteiger charge is 2.51. The van der Waals surface area contributed by atoms with E-state index in [9.17, 15) is 44.6 Å². The summed E-state index contributed by atoms with van der Waals surface area (Å²) in [7, 11) is -4.98. The first-order chi connectivity index (χ1) is 11.6. The number of aliphatic hydroxyl groups excluding tert-OH is 5. The Morgan fingerprint density at radius 3 is 1.88 bits per heavy atom. The molecule has 0 aromatic carbocycles. The minimum absolute atomic E-state index is 0.0197. The fourth-order valence-corrected chi connectivity index (χ4v) is 3.01. The molecule has 146 valence electrons. The normalized spacial score (nSPS) is 36.1. The van der Waals surface area contributed by atoms with E-state index in [0.29, 0.717) is 0 Å². The number of carbonyl (C=O) groups is 2. The topological polar surface area (TPSA) is 210 Å². The minimum Gasteiger partial charge on any atom is -0.464 e. The second kappa shape index (κ2) is 9.52. The molecule has 6 N–H and O–H groups in total. The third-order valence-electron chi connectivity index (χ3n) is 3.35. The lowest BCUT2D eigenvalue weighted by Gasteiger charge is -2.41.